The van der Waals surface area contributed by atoms with Crippen molar-refractivity contribution in [3.63, 3.8) is 0 Å². The van der Waals surface area contributed by atoms with Crippen molar-refractivity contribution >= 4 is 11.8 Å². The molecule has 1 aromatic carbocycles. The Morgan fingerprint density at radius 2 is 1.86 bits per heavy atom. The number of fused-ring (bicyclic) bond motifs is 2. The van der Waals surface area contributed by atoms with Gasteiger partial charge in [-0.3, -0.25) is 9.59 Å². The van der Waals surface area contributed by atoms with Crippen molar-refractivity contribution in [1.29, 1.82) is 0 Å². The monoisotopic (exact) mass is 298 g/mol. The van der Waals surface area contributed by atoms with Crippen molar-refractivity contribution in [3.8, 4) is 0 Å². The van der Waals surface area contributed by atoms with Gasteiger partial charge >= 0.3 is 0 Å². The summed E-state index contributed by atoms with van der Waals surface area (Å²) in [5.41, 5.74) is 7.52. The molecule has 4 heteroatoms. The van der Waals surface area contributed by atoms with Crippen molar-refractivity contribution in [2.75, 3.05) is 0 Å². The normalized spacial score (nSPS) is 31.0. The zero-order valence-corrected chi connectivity index (χ0v) is 12.7. The first-order valence-corrected chi connectivity index (χ1v) is 8.28. The molecule has 1 spiro atoms. The van der Waals surface area contributed by atoms with E-state index in [-0.39, 0.29) is 23.1 Å². The van der Waals surface area contributed by atoms with E-state index in [1.54, 1.807) is 0 Å². The minimum absolute atomic E-state index is 0.00738. The summed E-state index contributed by atoms with van der Waals surface area (Å²) in [5, 5.41) is 3.02. The molecule has 22 heavy (non-hydrogen) atoms. The molecule has 3 aliphatic carbocycles. The minimum Gasteiger partial charge on any atom is -0.368 e. The lowest BCUT2D eigenvalue weighted by Crippen LogP contribution is -2.56. The van der Waals surface area contributed by atoms with Crippen LogP contribution in [-0.2, 0) is 21.4 Å². The Bertz CT molecular complexity index is 648. The van der Waals surface area contributed by atoms with Gasteiger partial charge in [0.1, 0.15) is 5.54 Å². The molecule has 2 atom stereocenters. The van der Waals surface area contributed by atoms with E-state index < -0.39 is 5.54 Å². The number of carbonyl (C=O) groups is 2. The van der Waals surface area contributed by atoms with Crippen LogP contribution in [0, 0.1) is 5.92 Å². The highest BCUT2D eigenvalue weighted by Crippen LogP contribution is 2.61. The minimum atomic E-state index is -0.793. The summed E-state index contributed by atoms with van der Waals surface area (Å²) in [6, 6.07) is 8.45. The fraction of sp³-hybridized carbons (Fsp3) is 0.556. The first-order valence-electron chi connectivity index (χ1n) is 8.28. The predicted octanol–water partition coefficient (Wildman–Crippen LogP) is 1.80. The van der Waals surface area contributed by atoms with Gasteiger partial charge in [-0.1, -0.05) is 37.1 Å². The van der Waals surface area contributed by atoms with Gasteiger partial charge in [-0.2, -0.15) is 0 Å². The fourth-order valence-electron chi connectivity index (χ4n) is 4.67. The predicted molar refractivity (Wildman–Crippen MR) is 83.1 cm³/mol. The molecule has 2 unspecified atom stereocenters. The van der Waals surface area contributed by atoms with Gasteiger partial charge in [-0.15, -0.1) is 0 Å². The second-order valence-electron chi connectivity index (χ2n) is 7.21. The maximum atomic E-state index is 12.7. The number of rotatable bonds is 3. The first kappa shape index (κ1) is 13.8. The molecule has 2 amide bonds. The van der Waals surface area contributed by atoms with E-state index in [9.17, 15) is 9.59 Å². The lowest BCUT2D eigenvalue weighted by atomic mass is 9.93. The van der Waals surface area contributed by atoms with Crippen LogP contribution in [0.3, 0.4) is 0 Å². The van der Waals surface area contributed by atoms with Crippen LogP contribution >= 0.6 is 0 Å². The Hall–Kier alpha value is -1.84. The largest absolute Gasteiger partial charge is 0.368 e. The van der Waals surface area contributed by atoms with E-state index >= 15 is 0 Å². The molecule has 0 aromatic heterocycles. The van der Waals surface area contributed by atoms with E-state index in [1.807, 2.05) is 0 Å². The van der Waals surface area contributed by atoms with E-state index in [0.717, 1.165) is 32.1 Å². The van der Waals surface area contributed by atoms with Gasteiger partial charge in [-0.05, 0) is 43.2 Å². The maximum absolute atomic E-state index is 12.7. The lowest BCUT2D eigenvalue weighted by Gasteiger charge is -2.27. The van der Waals surface area contributed by atoms with Crippen LogP contribution in [0.25, 0.3) is 0 Å². The van der Waals surface area contributed by atoms with Crippen LogP contribution in [0.2, 0.25) is 0 Å². The molecular formula is C18H22N2O2. The molecule has 116 valence electrons. The van der Waals surface area contributed by atoms with Crippen LogP contribution < -0.4 is 11.1 Å². The van der Waals surface area contributed by atoms with Crippen molar-refractivity contribution < 1.29 is 9.59 Å². The average molecular weight is 298 g/mol. The van der Waals surface area contributed by atoms with Crippen molar-refractivity contribution in [2.24, 2.45) is 11.7 Å². The summed E-state index contributed by atoms with van der Waals surface area (Å²) >= 11 is 0. The molecule has 0 aliphatic heterocycles. The molecule has 0 heterocycles. The van der Waals surface area contributed by atoms with Crippen LogP contribution in [0.15, 0.2) is 24.3 Å². The summed E-state index contributed by atoms with van der Waals surface area (Å²) in [6.07, 6.45) is 6.30. The van der Waals surface area contributed by atoms with E-state index in [2.05, 4.69) is 29.6 Å². The van der Waals surface area contributed by atoms with Crippen molar-refractivity contribution in [1.82, 2.24) is 5.32 Å². The van der Waals surface area contributed by atoms with Crippen LogP contribution in [-0.4, -0.2) is 17.4 Å². The molecule has 0 saturated heterocycles. The molecule has 3 aliphatic rings. The summed E-state index contributed by atoms with van der Waals surface area (Å²) in [6.45, 7) is 0. The van der Waals surface area contributed by atoms with Gasteiger partial charge in [0, 0.05) is 11.3 Å². The highest BCUT2D eigenvalue weighted by Gasteiger charge is 2.62. The van der Waals surface area contributed by atoms with Crippen LogP contribution in [0.1, 0.15) is 49.7 Å². The zero-order chi connectivity index (χ0) is 15.4. The molecule has 0 radical (unpaired) electrons. The van der Waals surface area contributed by atoms with E-state index in [4.69, 9.17) is 5.73 Å². The smallest absolute Gasteiger partial charge is 0.243 e. The fourth-order valence-corrected chi connectivity index (χ4v) is 4.67. The number of nitrogens with two attached hydrogens (primary N) is 1. The standard InChI is InChI=1S/C18H22N2O2/c19-16(22)18(8-3-4-9-18)20-15(21)14-11-17(14)10-7-12-5-1-2-6-13(12)17/h1-2,5-6,14H,3-4,7-11H2,(H2,19,22)(H,20,21). The first-order chi connectivity index (χ1) is 10.6. The molecule has 4 rings (SSSR count). The van der Waals surface area contributed by atoms with Gasteiger partial charge < -0.3 is 11.1 Å². The van der Waals surface area contributed by atoms with Gasteiger partial charge in [0.2, 0.25) is 11.8 Å². The highest BCUT2D eigenvalue weighted by atomic mass is 16.2. The van der Waals surface area contributed by atoms with Gasteiger partial charge in [-0.25, -0.2) is 0 Å². The SMILES string of the molecule is NC(=O)C1(NC(=O)C2CC23CCc2ccccc23)CCCC1. The third-order valence-electron chi connectivity index (χ3n) is 6.08. The molecule has 2 fully saturated rings. The van der Waals surface area contributed by atoms with Gasteiger partial charge in [0.05, 0.1) is 0 Å². The van der Waals surface area contributed by atoms with E-state index in [1.165, 1.54) is 11.1 Å². The van der Waals surface area contributed by atoms with Crippen molar-refractivity contribution in [2.45, 2.75) is 55.9 Å². The Morgan fingerprint density at radius 1 is 1.14 bits per heavy atom. The number of amides is 2. The molecule has 2 saturated carbocycles. The average Bonchev–Trinajstić information content (AvgIpc) is 2.86. The zero-order valence-electron chi connectivity index (χ0n) is 12.7. The molecule has 4 nitrogen and oxygen atoms in total. The number of nitrogens with one attached hydrogen (secondary N) is 1. The highest BCUT2D eigenvalue weighted by molar-refractivity contribution is 5.93. The molecule has 1 aromatic rings. The summed E-state index contributed by atoms with van der Waals surface area (Å²) in [5.74, 6) is -0.342. The summed E-state index contributed by atoms with van der Waals surface area (Å²) in [7, 11) is 0. The second-order valence-corrected chi connectivity index (χ2v) is 7.21. The summed E-state index contributed by atoms with van der Waals surface area (Å²) < 4.78 is 0. The maximum Gasteiger partial charge on any atom is 0.243 e. The Balaban J connectivity index is 1.53. The molecule has 0 bridgehead atoms. The number of carbonyl (C=O) groups excluding carboxylic acids is 2. The van der Waals surface area contributed by atoms with Gasteiger partial charge in [0.15, 0.2) is 0 Å². The summed E-state index contributed by atoms with van der Waals surface area (Å²) in [4.78, 5) is 24.5. The Labute approximate surface area is 130 Å². The lowest BCUT2D eigenvalue weighted by molar-refractivity contribution is -0.132. The molecule has 3 N–H and O–H groups in total. The number of aryl methyl sites for hydroxylation is 1. The number of primary amides is 1. The Kier molecular flexibility index (Phi) is 2.87. The number of hydrogen-bond acceptors (Lipinski definition) is 2. The van der Waals surface area contributed by atoms with Crippen LogP contribution in [0.5, 0.6) is 0 Å². The number of hydrogen-bond donors (Lipinski definition) is 2. The van der Waals surface area contributed by atoms with E-state index in [0.29, 0.717) is 12.8 Å². The van der Waals surface area contributed by atoms with Gasteiger partial charge in [0.25, 0.3) is 0 Å². The van der Waals surface area contributed by atoms with Crippen LogP contribution in [0.4, 0.5) is 0 Å². The Morgan fingerprint density at radius 3 is 2.59 bits per heavy atom. The number of benzene rings is 1. The third kappa shape index (κ3) is 1.82. The topological polar surface area (TPSA) is 72.2 Å². The third-order valence-corrected chi connectivity index (χ3v) is 6.08. The van der Waals surface area contributed by atoms with Crippen molar-refractivity contribution in [3.05, 3.63) is 35.4 Å². The second kappa shape index (κ2) is 4.58. The quantitative estimate of drug-likeness (QED) is 0.893. The molecular weight excluding hydrogens is 276 g/mol.